The Bertz CT molecular complexity index is 857. The number of anilines is 1. The lowest BCUT2D eigenvalue weighted by molar-refractivity contribution is 0.604. The molecule has 0 atom stereocenters. The highest BCUT2D eigenvalue weighted by atomic mass is 32.2. The Balaban J connectivity index is 1.94. The van der Waals surface area contributed by atoms with Gasteiger partial charge in [0.15, 0.2) is 0 Å². The van der Waals surface area contributed by atoms with E-state index >= 15 is 0 Å². The van der Waals surface area contributed by atoms with Gasteiger partial charge in [-0.3, -0.25) is 4.72 Å². The normalized spacial score (nSPS) is 14.2. The average molecular weight is 317 g/mol. The standard InChI is InChI=1S/C17H16FNO2S/c1-12-6-8-15(18)11-17(12)19-22(20,21)16-9-7-13-4-2-3-5-14(13)10-16/h2-6,8,10-11,19H,7,9H2,1H3. The summed E-state index contributed by atoms with van der Waals surface area (Å²) in [5.41, 5.74) is 3.02. The van der Waals surface area contributed by atoms with E-state index in [2.05, 4.69) is 4.72 Å². The summed E-state index contributed by atoms with van der Waals surface area (Å²) < 4.78 is 40.9. The van der Waals surface area contributed by atoms with E-state index < -0.39 is 15.8 Å². The molecule has 0 bridgehead atoms. The van der Waals surface area contributed by atoms with Gasteiger partial charge in [0.05, 0.1) is 10.6 Å². The Labute approximate surface area is 129 Å². The van der Waals surface area contributed by atoms with Crippen LogP contribution >= 0.6 is 0 Å². The van der Waals surface area contributed by atoms with Crippen LogP contribution in [-0.4, -0.2) is 8.42 Å². The fraction of sp³-hybridized carbons (Fsp3) is 0.176. The van der Waals surface area contributed by atoms with Crippen molar-refractivity contribution in [3.05, 3.63) is 69.9 Å². The smallest absolute Gasteiger partial charge is 0.258 e. The zero-order valence-electron chi connectivity index (χ0n) is 12.1. The molecular weight excluding hydrogens is 301 g/mol. The average Bonchev–Trinajstić information content (AvgIpc) is 2.50. The number of halogens is 1. The van der Waals surface area contributed by atoms with Crippen molar-refractivity contribution in [1.29, 1.82) is 0 Å². The molecule has 22 heavy (non-hydrogen) atoms. The van der Waals surface area contributed by atoms with E-state index in [4.69, 9.17) is 0 Å². The summed E-state index contributed by atoms with van der Waals surface area (Å²) in [4.78, 5) is 0.329. The molecule has 3 rings (SSSR count). The van der Waals surface area contributed by atoms with Crippen molar-refractivity contribution in [2.75, 3.05) is 4.72 Å². The number of aryl methyl sites for hydroxylation is 2. The molecule has 114 valence electrons. The number of benzene rings is 2. The molecule has 0 saturated carbocycles. The lowest BCUT2D eigenvalue weighted by Gasteiger charge is -2.18. The van der Waals surface area contributed by atoms with E-state index in [0.29, 0.717) is 23.3 Å². The van der Waals surface area contributed by atoms with Crippen molar-refractivity contribution in [3.8, 4) is 0 Å². The minimum atomic E-state index is -3.67. The third-order valence-electron chi connectivity index (χ3n) is 3.80. The summed E-state index contributed by atoms with van der Waals surface area (Å²) in [5, 5.41) is 0. The van der Waals surface area contributed by atoms with Gasteiger partial charge in [-0.05, 0) is 54.7 Å². The van der Waals surface area contributed by atoms with Crippen molar-refractivity contribution in [1.82, 2.24) is 0 Å². The fourth-order valence-electron chi connectivity index (χ4n) is 2.53. The highest BCUT2D eigenvalue weighted by Gasteiger charge is 2.22. The molecule has 0 aliphatic heterocycles. The van der Waals surface area contributed by atoms with Crippen LogP contribution in [0.25, 0.3) is 6.08 Å². The van der Waals surface area contributed by atoms with Crippen LogP contribution in [0.3, 0.4) is 0 Å². The van der Waals surface area contributed by atoms with Crippen LogP contribution in [0.2, 0.25) is 0 Å². The van der Waals surface area contributed by atoms with Gasteiger partial charge in [0.2, 0.25) is 0 Å². The first-order valence-electron chi connectivity index (χ1n) is 7.03. The minimum Gasteiger partial charge on any atom is -0.280 e. The highest BCUT2D eigenvalue weighted by Crippen LogP contribution is 2.28. The number of fused-ring (bicyclic) bond motifs is 1. The zero-order valence-corrected chi connectivity index (χ0v) is 13.0. The third-order valence-corrected chi connectivity index (χ3v) is 5.30. The maximum absolute atomic E-state index is 13.3. The molecule has 0 amide bonds. The van der Waals surface area contributed by atoms with Crippen molar-refractivity contribution in [3.63, 3.8) is 0 Å². The predicted molar refractivity (Wildman–Crippen MR) is 86.4 cm³/mol. The Hall–Kier alpha value is -2.14. The fourth-order valence-corrected chi connectivity index (χ4v) is 3.83. The Morgan fingerprint density at radius 3 is 2.68 bits per heavy atom. The van der Waals surface area contributed by atoms with Crippen molar-refractivity contribution in [2.24, 2.45) is 0 Å². The maximum Gasteiger partial charge on any atom is 0.258 e. The van der Waals surface area contributed by atoms with Crippen LogP contribution in [0.4, 0.5) is 10.1 Å². The van der Waals surface area contributed by atoms with Gasteiger partial charge in [0.25, 0.3) is 10.0 Å². The second-order valence-electron chi connectivity index (χ2n) is 5.37. The van der Waals surface area contributed by atoms with Gasteiger partial charge in [-0.15, -0.1) is 0 Å². The summed E-state index contributed by atoms with van der Waals surface area (Å²) >= 11 is 0. The predicted octanol–water partition coefficient (Wildman–Crippen LogP) is 3.86. The molecule has 0 aromatic heterocycles. The number of nitrogens with one attached hydrogen (secondary N) is 1. The molecule has 3 nitrogen and oxygen atoms in total. The molecule has 1 aliphatic carbocycles. The molecule has 0 radical (unpaired) electrons. The van der Waals surface area contributed by atoms with Gasteiger partial charge < -0.3 is 0 Å². The van der Waals surface area contributed by atoms with Crippen molar-refractivity contribution in [2.45, 2.75) is 19.8 Å². The summed E-state index contributed by atoms with van der Waals surface area (Å²) in [6.45, 7) is 1.74. The van der Waals surface area contributed by atoms with Crippen LogP contribution in [0, 0.1) is 12.7 Å². The van der Waals surface area contributed by atoms with E-state index in [1.165, 1.54) is 12.1 Å². The molecule has 5 heteroatoms. The monoisotopic (exact) mass is 317 g/mol. The quantitative estimate of drug-likeness (QED) is 0.934. The maximum atomic E-state index is 13.3. The van der Waals surface area contributed by atoms with E-state index in [1.54, 1.807) is 19.1 Å². The van der Waals surface area contributed by atoms with E-state index in [9.17, 15) is 12.8 Å². The SMILES string of the molecule is Cc1ccc(F)cc1NS(=O)(=O)C1=Cc2ccccc2CC1. The van der Waals surface area contributed by atoms with Gasteiger partial charge in [-0.1, -0.05) is 30.3 Å². The van der Waals surface area contributed by atoms with Crippen LogP contribution in [0.1, 0.15) is 23.1 Å². The van der Waals surface area contributed by atoms with Gasteiger partial charge in [-0.25, -0.2) is 12.8 Å². The lowest BCUT2D eigenvalue weighted by atomic mass is 9.98. The van der Waals surface area contributed by atoms with E-state index in [-0.39, 0.29) is 5.69 Å². The number of sulfonamides is 1. The first kappa shape index (κ1) is 14.8. The van der Waals surface area contributed by atoms with Gasteiger partial charge in [0, 0.05) is 0 Å². The van der Waals surface area contributed by atoms with E-state index in [1.807, 2.05) is 24.3 Å². The van der Waals surface area contributed by atoms with Gasteiger partial charge >= 0.3 is 0 Å². The summed E-state index contributed by atoms with van der Waals surface area (Å²) in [6.07, 6.45) is 2.82. The topological polar surface area (TPSA) is 46.2 Å². The van der Waals surface area contributed by atoms with Crippen molar-refractivity contribution < 1.29 is 12.8 Å². The van der Waals surface area contributed by atoms with Crippen LogP contribution in [-0.2, 0) is 16.4 Å². The second kappa shape index (κ2) is 5.57. The first-order chi connectivity index (χ1) is 10.5. The van der Waals surface area contributed by atoms with Crippen molar-refractivity contribution >= 4 is 21.8 Å². The molecule has 0 saturated heterocycles. The summed E-state index contributed by atoms with van der Waals surface area (Å²) in [7, 11) is -3.67. The molecular formula is C17H16FNO2S. The Morgan fingerprint density at radius 2 is 1.86 bits per heavy atom. The van der Waals surface area contributed by atoms with Crippen LogP contribution in [0.15, 0.2) is 47.4 Å². The second-order valence-corrected chi connectivity index (χ2v) is 7.11. The molecule has 2 aromatic rings. The van der Waals surface area contributed by atoms with Gasteiger partial charge in [-0.2, -0.15) is 0 Å². The molecule has 0 spiro atoms. The number of rotatable bonds is 3. The van der Waals surface area contributed by atoms with Gasteiger partial charge in [0.1, 0.15) is 5.82 Å². The van der Waals surface area contributed by atoms with Crippen LogP contribution < -0.4 is 4.72 Å². The molecule has 2 aromatic carbocycles. The number of allylic oxidation sites excluding steroid dienone is 1. The molecule has 1 N–H and O–H groups in total. The first-order valence-corrected chi connectivity index (χ1v) is 8.51. The Morgan fingerprint density at radius 1 is 1.09 bits per heavy atom. The highest BCUT2D eigenvalue weighted by molar-refractivity contribution is 7.96. The summed E-state index contributed by atoms with van der Waals surface area (Å²) in [6, 6.07) is 11.8. The third kappa shape index (κ3) is 2.90. The molecule has 1 aliphatic rings. The van der Waals surface area contributed by atoms with E-state index in [0.717, 1.165) is 11.1 Å². The number of hydrogen-bond donors (Lipinski definition) is 1. The Kier molecular flexibility index (Phi) is 3.74. The lowest BCUT2D eigenvalue weighted by Crippen LogP contribution is -2.18. The van der Waals surface area contributed by atoms with Crippen LogP contribution in [0.5, 0.6) is 0 Å². The minimum absolute atomic E-state index is 0.278. The summed E-state index contributed by atoms with van der Waals surface area (Å²) in [5.74, 6) is -0.466. The number of hydrogen-bond acceptors (Lipinski definition) is 2. The largest absolute Gasteiger partial charge is 0.280 e. The zero-order chi connectivity index (χ0) is 15.7. The molecule has 0 fully saturated rings. The molecule has 0 unspecified atom stereocenters. The molecule has 0 heterocycles.